The minimum Gasteiger partial charge on any atom is -0.493 e. The maximum atomic E-state index is 11.6. The van der Waals surface area contributed by atoms with Gasteiger partial charge in [-0.05, 0) is 30.2 Å². The van der Waals surface area contributed by atoms with Gasteiger partial charge in [0.05, 0.1) is 6.61 Å². The molecule has 23 heavy (non-hydrogen) atoms. The average molecular weight is 312 g/mol. The molecule has 0 saturated carbocycles. The van der Waals surface area contributed by atoms with Crippen molar-refractivity contribution in [2.24, 2.45) is 0 Å². The van der Waals surface area contributed by atoms with Gasteiger partial charge < -0.3 is 4.74 Å². The molecule has 3 rings (SSSR count). The average Bonchev–Trinajstić information content (AvgIpc) is 2.57. The quantitative estimate of drug-likeness (QED) is 0.675. The Morgan fingerprint density at radius 3 is 2.83 bits per heavy atom. The Morgan fingerprint density at radius 2 is 2.04 bits per heavy atom. The van der Waals surface area contributed by atoms with Gasteiger partial charge >= 0.3 is 0 Å². The van der Waals surface area contributed by atoms with E-state index in [1.165, 1.54) is 5.56 Å². The Bertz CT molecular complexity index is 673. The number of benzene rings is 2. The number of nitrogens with zero attached hydrogens (tertiary/aromatic N) is 1. The lowest BCUT2D eigenvalue weighted by molar-refractivity contribution is 0.0706. The van der Waals surface area contributed by atoms with Gasteiger partial charge in [-0.1, -0.05) is 30.3 Å². The smallest absolute Gasteiger partial charge is 0.274 e. The van der Waals surface area contributed by atoms with E-state index in [4.69, 9.17) is 9.94 Å². The van der Waals surface area contributed by atoms with Crippen LogP contribution in [0.4, 0.5) is 0 Å². The predicted octanol–water partition coefficient (Wildman–Crippen LogP) is 2.59. The monoisotopic (exact) mass is 312 g/mol. The first-order chi connectivity index (χ1) is 11.3. The van der Waals surface area contributed by atoms with Gasteiger partial charge in [-0.15, -0.1) is 0 Å². The second kappa shape index (κ2) is 7.26. The lowest BCUT2D eigenvalue weighted by atomic mass is 10.1. The van der Waals surface area contributed by atoms with E-state index in [2.05, 4.69) is 17.0 Å². The molecule has 0 fully saturated rings. The molecule has 0 aromatic heterocycles. The summed E-state index contributed by atoms with van der Waals surface area (Å²) in [5.41, 5.74) is 4.32. The molecule has 2 aromatic rings. The SMILES string of the molecule is O=C(NO)c1ccc2c(c1)CN(Cc1ccccc1)CCCO2. The van der Waals surface area contributed by atoms with Crippen LogP contribution in [0.3, 0.4) is 0 Å². The van der Waals surface area contributed by atoms with Crippen molar-refractivity contribution < 1.29 is 14.7 Å². The van der Waals surface area contributed by atoms with Gasteiger partial charge in [-0.3, -0.25) is 14.9 Å². The van der Waals surface area contributed by atoms with Crippen LogP contribution in [0.25, 0.3) is 0 Å². The highest BCUT2D eigenvalue weighted by atomic mass is 16.5. The van der Waals surface area contributed by atoms with Crippen LogP contribution in [-0.2, 0) is 13.1 Å². The van der Waals surface area contributed by atoms with E-state index < -0.39 is 5.91 Å². The zero-order valence-electron chi connectivity index (χ0n) is 12.9. The van der Waals surface area contributed by atoms with Crippen LogP contribution in [-0.4, -0.2) is 29.2 Å². The molecule has 0 saturated heterocycles. The number of hydrogen-bond donors (Lipinski definition) is 2. The molecule has 1 aliphatic rings. The zero-order chi connectivity index (χ0) is 16.1. The van der Waals surface area contributed by atoms with Gasteiger partial charge in [0.15, 0.2) is 0 Å². The molecule has 5 nitrogen and oxygen atoms in total. The first kappa shape index (κ1) is 15.5. The summed E-state index contributed by atoms with van der Waals surface area (Å²) >= 11 is 0. The molecule has 120 valence electrons. The van der Waals surface area contributed by atoms with E-state index in [1.807, 2.05) is 18.2 Å². The number of hydrogen-bond acceptors (Lipinski definition) is 4. The Balaban J connectivity index is 1.82. The van der Waals surface area contributed by atoms with Gasteiger partial charge in [0.25, 0.3) is 5.91 Å². The highest BCUT2D eigenvalue weighted by Crippen LogP contribution is 2.25. The standard InChI is InChI=1S/C18H20N2O3/c21-18(19-22)15-7-8-17-16(11-15)13-20(9-4-10-23-17)12-14-5-2-1-3-6-14/h1-3,5-8,11,22H,4,9-10,12-13H2,(H,19,21). The van der Waals surface area contributed by atoms with Crippen LogP contribution in [0.15, 0.2) is 48.5 Å². The number of ether oxygens (including phenoxy) is 1. The lowest BCUT2D eigenvalue weighted by Gasteiger charge is -2.26. The number of hydroxylamine groups is 1. The first-order valence-electron chi connectivity index (χ1n) is 7.73. The van der Waals surface area contributed by atoms with Crippen molar-refractivity contribution in [1.82, 2.24) is 10.4 Å². The maximum Gasteiger partial charge on any atom is 0.274 e. The molecule has 2 N–H and O–H groups in total. The first-order valence-corrected chi connectivity index (χ1v) is 7.73. The summed E-state index contributed by atoms with van der Waals surface area (Å²) in [6.07, 6.45) is 0.963. The van der Waals surface area contributed by atoms with E-state index in [-0.39, 0.29) is 0 Å². The van der Waals surface area contributed by atoms with Crippen LogP contribution < -0.4 is 10.2 Å². The summed E-state index contributed by atoms with van der Waals surface area (Å²) in [5.74, 6) is 0.293. The number of fused-ring (bicyclic) bond motifs is 1. The molecule has 0 unspecified atom stereocenters. The second-order valence-electron chi connectivity index (χ2n) is 5.66. The molecule has 5 heteroatoms. The van der Waals surface area contributed by atoms with Crippen molar-refractivity contribution in [2.75, 3.05) is 13.2 Å². The van der Waals surface area contributed by atoms with Crippen LogP contribution in [0.5, 0.6) is 5.75 Å². The van der Waals surface area contributed by atoms with Crippen molar-refractivity contribution >= 4 is 5.91 Å². The second-order valence-corrected chi connectivity index (χ2v) is 5.66. The largest absolute Gasteiger partial charge is 0.493 e. The molecule has 0 radical (unpaired) electrons. The molecule has 0 spiro atoms. The number of nitrogens with one attached hydrogen (secondary N) is 1. The molecule has 0 bridgehead atoms. The third-order valence-electron chi connectivity index (χ3n) is 3.94. The van der Waals surface area contributed by atoms with Gasteiger partial charge in [0.2, 0.25) is 0 Å². The fourth-order valence-corrected chi connectivity index (χ4v) is 2.82. The van der Waals surface area contributed by atoms with Gasteiger partial charge in [0.1, 0.15) is 5.75 Å². The fourth-order valence-electron chi connectivity index (χ4n) is 2.82. The van der Waals surface area contributed by atoms with Crippen molar-refractivity contribution in [3.8, 4) is 5.75 Å². The van der Waals surface area contributed by atoms with Gasteiger partial charge in [-0.2, -0.15) is 0 Å². The van der Waals surface area contributed by atoms with E-state index in [0.29, 0.717) is 18.7 Å². The summed E-state index contributed by atoms with van der Waals surface area (Å²) in [6.45, 7) is 3.15. The Morgan fingerprint density at radius 1 is 1.22 bits per heavy atom. The Hall–Kier alpha value is -2.37. The molecular weight excluding hydrogens is 292 g/mol. The molecular formula is C18H20N2O3. The van der Waals surface area contributed by atoms with Crippen molar-refractivity contribution in [3.05, 3.63) is 65.2 Å². The molecule has 1 heterocycles. The Labute approximate surface area is 135 Å². The maximum absolute atomic E-state index is 11.6. The molecule has 1 aliphatic heterocycles. The van der Waals surface area contributed by atoms with Crippen molar-refractivity contribution in [2.45, 2.75) is 19.5 Å². The highest BCUT2D eigenvalue weighted by Gasteiger charge is 2.16. The van der Waals surface area contributed by atoms with E-state index in [1.54, 1.807) is 23.7 Å². The van der Waals surface area contributed by atoms with E-state index in [0.717, 1.165) is 30.8 Å². The lowest BCUT2D eigenvalue weighted by Crippen LogP contribution is -2.28. The predicted molar refractivity (Wildman–Crippen MR) is 86.4 cm³/mol. The third kappa shape index (κ3) is 3.88. The minimum absolute atomic E-state index is 0.426. The molecule has 0 aliphatic carbocycles. The van der Waals surface area contributed by atoms with E-state index in [9.17, 15) is 4.79 Å². The summed E-state index contributed by atoms with van der Waals surface area (Å²) in [5, 5.41) is 8.80. The zero-order valence-corrected chi connectivity index (χ0v) is 12.9. The summed E-state index contributed by atoms with van der Waals surface area (Å²) < 4.78 is 5.77. The van der Waals surface area contributed by atoms with Gasteiger partial charge in [-0.25, -0.2) is 5.48 Å². The van der Waals surface area contributed by atoms with Gasteiger partial charge in [0, 0.05) is 30.8 Å². The summed E-state index contributed by atoms with van der Waals surface area (Å²) in [4.78, 5) is 14.0. The highest BCUT2D eigenvalue weighted by molar-refractivity contribution is 5.93. The molecule has 2 aromatic carbocycles. The van der Waals surface area contributed by atoms with Crippen LogP contribution in [0.2, 0.25) is 0 Å². The summed E-state index contributed by atoms with van der Waals surface area (Å²) in [7, 11) is 0. The normalized spacial score (nSPS) is 15.0. The van der Waals surface area contributed by atoms with Crippen molar-refractivity contribution in [1.29, 1.82) is 0 Å². The molecule has 0 atom stereocenters. The number of rotatable bonds is 3. The van der Waals surface area contributed by atoms with Crippen LogP contribution >= 0.6 is 0 Å². The van der Waals surface area contributed by atoms with Crippen LogP contribution in [0, 0.1) is 0 Å². The summed E-state index contributed by atoms with van der Waals surface area (Å²) in [6, 6.07) is 15.6. The van der Waals surface area contributed by atoms with Crippen LogP contribution in [0.1, 0.15) is 27.9 Å². The number of amides is 1. The minimum atomic E-state index is -0.510. The number of carbonyl (C=O) groups is 1. The molecule has 1 amide bonds. The fraction of sp³-hybridized carbons (Fsp3) is 0.278. The van der Waals surface area contributed by atoms with Crippen molar-refractivity contribution in [3.63, 3.8) is 0 Å². The topological polar surface area (TPSA) is 61.8 Å². The number of carbonyl (C=O) groups excluding carboxylic acids is 1. The third-order valence-corrected chi connectivity index (χ3v) is 3.94. The van der Waals surface area contributed by atoms with E-state index >= 15 is 0 Å². The Kier molecular flexibility index (Phi) is 4.90.